The molecule has 2 N–H and O–H groups in total. The summed E-state index contributed by atoms with van der Waals surface area (Å²) in [5, 5.41) is 7.20. The van der Waals surface area contributed by atoms with Crippen molar-refractivity contribution in [3.63, 3.8) is 0 Å². The van der Waals surface area contributed by atoms with E-state index in [0.29, 0.717) is 6.42 Å². The highest BCUT2D eigenvalue weighted by Gasteiger charge is 2.36. The monoisotopic (exact) mass is 426 g/mol. The van der Waals surface area contributed by atoms with Crippen molar-refractivity contribution >= 4 is 17.2 Å². The number of carbonyl (C=O) groups excluding carboxylic acids is 1. The smallest absolute Gasteiger partial charge is 0.163 e. The van der Waals surface area contributed by atoms with Gasteiger partial charge in [0.1, 0.15) is 11.5 Å². The van der Waals surface area contributed by atoms with Crippen molar-refractivity contribution in [2.24, 2.45) is 0 Å². The summed E-state index contributed by atoms with van der Waals surface area (Å²) in [6.45, 7) is 0. The molecule has 0 amide bonds. The van der Waals surface area contributed by atoms with E-state index in [4.69, 9.17) is 9.47 Å². The lowest BCUT2D eigenvalue weighted by Crippen LogP contribution is -2.26. The molecular weight excluding hydrogens is 400 g/mol. The summed E-state index contributed by atoms with van der Waals surface area (Å²) in [6.07, 6.45) is 1.25. The van der Waals surface area contributed by atoms with Gasteiger partial charge in [0.05, 0.1) is 31.6 Å². The Morgan fingerprint density at radius 2 is 1.53 bits per heavy atom. The second-order valence-corrected chi connectivity index (χ2v) is 8.22. The molecule has 5 heteroatoms. The SMILES string of the molecule is COc1ccc(C2CC(=O)C3=C(C2)Nc2ccccc2NC3c2cccc(OC)c2)cc1. The second-order valence-electron chi connectivity index (χ2n) is 8.22. The number of hydrogen-bond acceptors (Lipinski definition) is 5. The first-order chi connectivity index (χ1) is 15.7. The van der Waals surface area contributed by atoms with Crippen molar-refractivity contribution in [2.45, 2.75) is 24.8 Å². The minimum atomic E-state index is -0.249. The maximum absolute atomic E-state index is 13.6. The molecule has 0 radical (unpaired) electrons. The van der Waals surface area contributed by atoms with Gasteiger partial charge in [-0.05, 0) is 59.9 Å². The number of fused-ring (bicyclic) bond motifs is 1. The van der Waals surface area contributed by atoms with Crippen molar-refractivity contribution in [1.82, 2.24) is 0 Å². The Hall–Kier alpha value is -3.73. The first-order valence-electron chi connectivity index (χ1n) is 10.8. The first kappa shape index (κ1) is 20.2. The molecule has 0 aromatic heterocycles. The van der Waals surface area contributed by atoms with Gasteiger partial charge in [0.25, 0.3) is 0 Å². The molecule has 0 saturated heterocycles. The van der Waals surface area contributed by atoms with Gasteiger partial charge in [-0.2, -0.15) is 0 Å². The average Bonchev–Trinajstić information content (AvgIpc) is 3.01. The fourth-order valence-corrected chi connectivity index (χ4v) is 4.68. The maximum atomic E-state index is 13.6. The zero-order valence-corrected chi connectivity index (χ0v) is 18.2. The molecule has 2 unspecified atom stereocenters. The predicted molar refractivity (Wildman–Crippen MR) is 126 cm³/mol. The van der Waals surface area contributed by atoms with Crippen LogP contribution in [0.15, 0.2) is 84.1 Å². The molecule has 1 heterocycles. The summed E-state index contributed by atoms with van der Waals surface area (Å²) in [6, 6.07) is 23.8. The Balaban J connectivity index is 1.58. The van der Waals surface area contributed by atoms with E-state index in [2.05, 4.69) is 22.8 Å². The summed E-state index contributed by atoms with van der Waals surface area (Å²) in [5.74, 6) is 1.87. The number of para-hydroxylation sites is 2. The number of carbonyl (C=O) groups is 1. The van der Waals surface area contributed by atoms with Gasteiger partial charge in [0.2, 0.25) is 0 Å². The van der Waals surface area contributed by atoms with Crippen molar-refractivity contribution in [2.75, 3.05) is 24.9 Å². The number of ether oxygens (including phenoxy) is 2. The lowest BCUT2D eigenvalue weighted by Gasteiger charge is -2.30. The van der Waals surface area contributed by atoms with Gasteiger partial charge in [-0.25, -0.2) is 0 Å². The molecule has 2 atom stereocenters. The summed E-state index contributed by atoms with van der Waals surface area (Å²) in [4.78, 5) is 13.6. The largest absolute Gasteiger partial charge is 0.497 e. The van der Waals surface area contributed by atoms with E-state index >= 15 is 0 Å². The van der Waals surface area contributed by atoms with Crippen LogP contribution < -0.4 is 20.1 Å². The standard InChI is InChI=1S/C27H26N2O3/c1-31-20-12-10-17(11-13-20)19-15-24-26(25(30)16-19)27(18-6-5-7-21(14-18)32-2)29-23-9-4-3-8-22(23)28-24/h3-14,19,27-29H,15-16H2,1-2H3. The normalized spacial score (nSPS) is 19.8. The van der Waals surface area contributed by atoms with E-state index in [9.17, 15) is 4.79 Å². The molecule has 0 spiro atoms. The average molecular weight is 427 g/mol. The molecular formula is C27H26N2O3. The second kappa shape index (κ2) is 8.42. The quantitative estimate of drug-likeness (QED) is 0.562. The Kier molecular flexibility index (Phi) is 5.31. The van der Waals surface area contributed by atoms with Crippen molar-refractivity contribution in [3.8, 4) is 11.5 Å². The minimum Gasteiger partial charge on any atom is -0.497 e. The van der Waals surface area contributed by atoms with Crippen LogP contribution in [-0.4, -0.2) is 20.0 Å². The molecule has 5 nitrogen and oxygen atoms in total. The van der Waals surface area contributed by atoms with E-state index in [0.717, 1.165) is 51.7 Å². The molecule has 0 fully saturated rings. The highest BCUT2D eigenvalue weighted by molar-refractivity contribution is 6.01. The number of nitrogens with one attached hydrogen (secondary N) is 2. The number of ketones is 1. The van der Waals surface area contributed by atoms with Gasteiger partial charge >= 0.3 is 0 Å². The number of Topliss-reactive ketones (excluding diaryl/α,β-unsaturated/α-hetero) is 1. The number of anilines is 2. The highest BCUT2D eigenvalue weighted by Crippen LogP contribution is 2.44. The van der Waals surface area contributed by atoms with Crippen LogP contribution in [0.4, 0.5) is 11.4 Å². The number of allylic oxidation sites excluding steroid dienone is 1. The maximum Gasteiger partial charge on any atom is 0.163 e. The number of methoxy groups -OCH3 is 2. The van der Waals surface area contributed by atoms with Gasteiger partial charge in [0.15, 0.2) is 5.78 Å². The number of rotatable bonds is 4. The lowest BCUT2D eigenvalue weighted by atomic mass is 9.78. The third-order valence-corrected chi connectivity index (χ3v) is 6.32. The lowest BCUT2D eigenvalue weighted by molar-refractivity contribution is -0.116. The zero-order valence-electron chi connectivity index (χ0n) is 18.2. The van der Waals surface area contributed by atoms with E-state index in [1.165, 1.54) is 0 Å². The Morgan fingerprint density at radius 3 is 2.28 bits per heavy atom. The van der Waals surface area contributed by atoms with Crippen molar-refractivity contribution in [1.29, 1.82) is 0 Å². The van der Waals surface area contributed by atoms with Crippen LogP contribution in [0.3, 0.4) is 0 Å². The topological polar surface area (TPSA) is 59.6 Å². The fourth-order valence-electron chi connectivity index (χ4n) is 4.68. The van der Waals surface area contributed by atoms with Crippen LogP contribution in [0.5, 0.6) is 11.5 Å². The van der Waals surface area contributed by atoms with Crippen LogP contribution >= 0.6 is 0 Å². The molecule has 3 aromatic carbocycles. The Labute approximate surface area is 188 Å². The van der Waals surface area contributed by atoms with Gasteiger partial charge in [0, 0.05) is 17.7 Å². The van der Waals surface area contributed by atoms with E-state index in [1.807, 2.05) is 60.7 Å². The highest BCUT2D eigenvalue weighted by atomic mass is 16.5. The van der Waals surface area contributed by atoms with Gasteiger partial charge in [-0.3, -0.25) is 4.79 Å². The van der Waals surface area contributed by atoms with Crippen LogP contribution in [-0.2, 0) is 4.79 Å². The molecule has 5 rings (SSSR count). The molecule has 2 aliphatic rings. The summed E-state index contributed by atoms with van der Waals surface area (Å²) in [7, 11) is 3.32. The molecule has 162 valence electrons. The summed E-state index contributed by atoms with van der Waals surface area (Å²) >= 11 is 0. The van der Waals surface area contributed by atoms with Crippen LogP contribution in [0, 0.1) is 0 Å². The van der Waals surface area contributed by atoms with Crippen LogP contribution in [0.25, 0.3) is 0 Å². The summed E-state index contributed by atoms with van der Waals surface area (Å²) in [5.41, 5.74) is 5.89. The fraction of sp³-hybridized carbons (Fsp3) is 0.222. The third kappa shape index (κ3) is 3.71. The molecule has 1 aliphatic heterocycles. The Bertz CT molecular complexity index is 1180. The van der Waals surface area contributed by atoms with E-state index in [-0.39, 0.29) is 17.7 Å². The van der Waals surface area contributed by atoms with E-state index in [1.54, 1.807) is 14.2 Å². The van der Waals surface area contributed by atoms with Crippen molar-refractivity contribution in [3.05, 3.63) is 95.2 Å². The van der Waals surface area contributed by atoms with Crippen molar-refractivity contribution < 1.29 is 14.3 Å². The molecule has 1 aliphatic carbocycles. The molecule has 32 heavy (non-hydrogen) atoms. The molecule has 3 aromatic rings. The first-order valence-corrected chi connectivity index (χ1v) is 10.8. The third-order valence-electron chi connectivity index (χ3n) is 6.32. The zero-order chi connectivity index (χ0) is 22.1. The van der Waals surface area contributed by atoms with E-state index < -0.39 is 0 Å². The summed E-state index contributed by atoms with van der Waals surface area (Å²) < 4.78 is 10.7. The molecule has 0 bridgehead atoms. The van der Waals surface area contributed by atoms with Gasteiger partial charge < -0.3 is 20.1 Å². The van der Waals surface area contributed by atoms with Gasteiger partial charge in [-0.15, -0.1) is 0 Å². The number of hydrogen-bond donors (Lipinski definition) is 2. The Morgan fingerprint density at radius 1 is 0.781 bits per heavy atom. The minimum absolute atomic E-state index is 0.121. The predicted octanol–water partition coefficient (Wildman–Crippen LogP) is 5.68. The van der Waals surface area contributed by atoms with Crippen LogP contribution in [0.1, 0.15) is 35.9 Å². The molecule has 0 saturated carbocycles. The number of benzene rings is 3. The van der Waals surface area contributed by atoms with Crippen LogP contribution in [0.2, 0.25) is 0 Å². The van der Waals surface area contributed by atoms with Gasteiger partial charge in [-0.1, -0.05) is 36.4 Å².